The Balaban J connectivity index is 1.87. The van der Waals surface area contributed by atoms with Gasteiger partial charge in [-0.25, -0.2) is 4.68 Å². The van der Waals surface area contributed by atoms with Crippen molar-refractivity contribution in [2.24, 2.45) is 5.10 Å². The van der Waals surface area contributed by atoms with Gasteiger partial charge in [0.1, 0.15) is 0 Å². The van der Waals surface area contributed by atoms with Crippen molar-refractivity contribution in [1.29, 1.82) is 0 Å². The monoisotopic (exact) mass is 320 g/mol. The Morgan fingerprint density at radius 3 is 2.46 bits per heavy atom. The van der Waals surface area contributed by atoms with Crippen LogP contribution in [0.15, 0.2) is 58.4 Å². The summed E-state index contributed by atoms with van der Waals surface area (Å²) in [7, 11) is 0. The molecule has 3 rings (SSSR count). The second-order valence-electron chi connectivity index (χ2n) is 5.81. The molecular weight excluding hydrogens is 300 g/mol. The lowest BCUT2D eigenvalue weighted by Crippen LogP contribution is -2.17. The minimum absolute atomic E-state index is 0.119. The van der Waals surface area contributed by atoms with E-state index >= 15 is 0 Å². The van der Waals surface area contributed by atoms with Crippen molar-refractivity contribution >= 4 is 11.9 Å². The molecule has 0 fully saturated rings. The fraction of sp³-hybridized carbons (Fsp3) is 0.158. The summed E-state index contributed by atoms with van der Waals surface area (Å²) in [6.45, 7) is 5.88. The molecule has 0 atom stereocenters. The molecule has 0 aliphatic carbocycles. The molecule has 1 heterocycles. The number of benzene rings is 2. The molecule has 0 spiro atoms. The highest BCUT2D eigenvalue weighted by Crippen LogP contribution is 2.13. The summed E-state index contributed by atoms with van der Waals surface area (Å²) in [6.07, 6.45) is 1.56. The number of rotatable bonds is 4. The number of para-hydroxylation sites is 1. The van der Waals surface area contributed by atoms with Crippen molar-refractivity contribution in [3.8, 4) is 5.69 Å². The van der Waals surface area contributed by atoms with Crippen LogP contribution in [-0.2, 0) is 0 Å². The Morgan fingerprint density at radius 2 is 1.75 bits per heavy atom. The Bertz CT molecular complexity index is 933. The number of hydrazone groups is 1. The minimum atomic E-state index is -0.119. The second-order valence-corrected chi connectivity index (χ2v) is 5.81. The van der Waals surface area contributed by atoms with Crippen LogP contribution in [0.1, 0.15) is 22.4 Å². The second kappa shape index (κ2) is 6.58. The maximum atomic E-state index is 12.6. The zero-order valence-electron chi connectivity index (χ0n) is 14.0. The highest BCUT2D eigenvalue weighted by molar-refractivity contribution is 5.81. The Hall–Kier alpha value is -3.08. The van der Waals surface area contributed by atoms with Crippen molar-refractivity contribution in [3.05, 3.63) is 81.3 Å². The van der Waals surface area contributed by atoms with E-state index in [9.17, 15) is 4.79 Å². The third-order valence-corrected chi connectivity index (χ3v) is 3.93. The van der Waals surface area contributed by atoms with Gasteiger partial charge in [-0.1, -0.05) is 35.9 Å². The molecule has 5 nitrogen and oxygen atoms in total. The number of hydrogen-bond acceptors (Lipinski definition) is 3. The van der Waals surface area contributed by atoms with Gasteiger partial charge < -0.3 is 0 Å². The topological polar surface area (TPSA) is 62.2 Å². The fourth-order valence-electron chi connectivity index (χ4n) is 2.45. The zero-order chi connectivity index (χ0) is 17.1. The van der Waals surface area contributed by atoms with Gasteiger partial charge in [0.2, 0.25) is 0 Å². The smallest absolute Gasteiger partial charge is 0.280 e. The summed E-state index contributed by atoms with van der Waals surface area (Å²) in [6, 6.07) is 15.7. The molecule has 5 heteroatoms. The molecule has 1 aromatic heterocycles. The standard InChI is InChI=1S/C19H20N4O/c1-13-8-10-16(11-9-13)23-19(24)17(15(3)22-23)12-20-21-18-7-5-4-6-14(18)2/h4-12,21-22H,1-3H3/b20-12+. The predicted octanol–water partition coefficient (Wildman–Crippen LogP) is 3.54. The normalized spacial score (nSPS) is 11.1. The molecule has 0 aliphatic heterocycles. The lowest BCUT2D eigenvalue weighted by molar-refractivity contribution is 0.835. The predicted molar refractivity (Wildman–Crippen MR) is 98.3 cm³/mol. The number of aromatic amines is 1. The first-order valence-corrected chi connectivity index (χ1v) is 7.79. The molecule has 0 amide bonds. The number of nitrogens with zero attached hydrogens (tertiary/aromatic N) is 2. The van der Waals surface area contributed by atoms with Gasteiger partial charge in [-0.05, 0) is 44.5 Å². The van der Waals surface area contributed by atoms with Crippen LogP contribution < -0.4 is 11.0 Å². The van der Waals surface area contributed by atoms with E-state index in [1.54, 1.807) is 6.21 Å². The van der Waals surface area contributed by atoms with Crippen LogP contribution in [0.4, 0.5) is 5.69 Å². The van der Waals surface area contributed by atoms with Crippen LogP contribution >= 0.6 is 0 Å². The lowest BCUT2D eigenvalue weighted by atomic mass is 10.2. The molecule has 0 bridgehead atoms. The van der Waals surface area contributed by atoms with Crippen molar-refractivity contribution in [1.82, 2.24) is 9.78 Å². The summed E-state index contributed by atoms with van der Waals surface area (Å²) in [4.78, 5) is 12.6. The molecule has 24 heavy (non-hydrogen) atoms. The van der Waals surface area contributed by atoms with Crippen molar-refractivity contribution in [2.75, 3.05) is 5.43 Å². The molecule has 0 saturated carbocycles. The van der Waals surface area contributed by atoms with E-state index in [-0.39, 0.29) is 5.56 Å². The maximum Gasteiger partial charge on any atom is 0.280 e. The minimum Gasteiger partial charge on any atom is -0.295 e. The first kappa shape index (κ1) is 15.8. The van der Waals surface area contributed by atoms with E-state index < -0.39 is 0 Å². The summed E-state index contributed by atoms with van der Waals surface area (Å²) < 4.78 is 1.53. The van der Waals surface area contributed by atoms with E-state index in [0.717, 1.165) is 28.2 Å². The van der Waals surface area contributed by atoms with E-state index in [1.807, 2.05) is 69.3 Å². The van der Waals surface area contributed by atoms with Gasteiger partial charge in [0.05, 0.1) is 23.2 Å². The first-order chi connectivity index (χ1) is 11.6. The van der Waals surface area contributed by atoms with Gasteiger partial charge in [0.25, 0.3) is 5.56 Å². The van der Waals surface area contributed by atoms with Gasteiger partial charge in [0.15, 0.2) is 0 Å². The Labute approximate surface area is 140 Å². The van der Waals surface area contributed by atoms with Crippen LogP contribution in [0, 0.1) is 20.8 Å². The average Bonchev–Trinajstić information content (AvgIpc) is 2.85. The fourth-order valence-corrected chi connectivity index (χ4v) is 2.45. The van der Waals surface area contributed by atoms with Crippen LogP contribution in [0.3, 0.4) is 0 Å². The summed E-state index contributed by atoms with van der Waals surface area (Å²) >= 11 is 0. The first-order valence-electron chi connectivity index (χ1n) is 7.79. The third-order valence-electron chi connectivity index (χ3n) is 3.93. The molecule has 0 saturated heterocycles. The van der Waals surface area contributed by atoms with Crippen molar-refractivity contribution in [2.45, 2.75) is 20.8 Å². The van der Waals surface area contributed by atoms with E-state index in [0.29, 0.717) is 5.56 Å². The van der Waals surface area contributed by atoms with Crippen LogP contribution in [0.2, 0.25) is 0 Å². The zero-order valence-corrected chi connectivity index (χ0v) is 14.0. The summed E-state index contributed by atoms with van der Waals surface area (Å²) in [5.41, 5.74) is 8.14. The average molecular weight is 320 g/mol. The maximum absolute atomic E-state index is 12.6. The Kier molecular flexibility index (Phi) is 4.33. The van der Waals surface area contributed by atoms with E-state index in [1.165, 1.54) is 4.68 Å². The summed E-state index contributed by atoms with van der Waals surface area (Å²) in [5, 5.41) is 7.30. The molecule has 2 aromatic carbocycles. The number of aryl methyl sites for hydroxylation is 3. The van der Waals surface area contributed by atoms with Gasteiger partial charge in [0, 0.05) is 5.69 Å². The van der Waals surface area contributed by atoms with Crippen LogP contribution in [0.5, 0.6) is 0 Å². The molecule has 0 unspecified atom stereocenters. The van der Waals surface area contributed by atoms with E-state index in [4.69, 9.17) is 0 Å². The quantitative estimate of drug-likeness (QED) is 0.570. The number of nitrogens with one attached hydrogen (secondary N) is 2. The van der Waals surface area contributed by atoms with Crippen LogP contribution in [0.25, 0.3) is 5.69 Å². The number of H-pyrrole nitrogens is 1. The Morgan fingerprint density at radius 1 is 1.04 bits per heavy atom. The number of aromatic nitrogens is 2. The van der Waals surface area contributed by atoms with Crippen LogP contribution in [-0.4, -0.2) is 16.0 Å². The van der Waals surface area contributed by atoms with Gasteiger partial charge >= 0.3 is 0 Å². The van der Waals surface area contributed by atoms with Crippen molar-refractivity contribution < 1.29 is 0 Å². The van der Waals surface area contributed by atoms with Crippen molar-refractivity contribution in [3.63, 3.8) is 0 Å². The number of hydrogen-bond donors (Lipinski definition) is 2. The highest BCUT2D eigenvalue weighted by Gasteiger charge is 2.10. The highest BCUT2D eigenvalue weighted by atomic mass is 16.1. The number of anilines is 1. The molecule has 2 N–H and O–H groups in total. The van der Waals surface area contributed by atoms with Gasteiger partial charge in [-0.3, -0.25) is 15.3 Å². The largest absolute Gasteiger partial charge is 0.295 e. The lowest BCUT2D eigenvalue weighted by Gasteiger charge is -2.02. The van der Waals surface area contributed by atoms with Gasteiger partial charge in [-0.2, -0.15) is 5.10 Å². The molecule has 122 valence electrons. The molecule has 3 aromatic rings. The third kappa shape index (κ3) is 3.15. The summed E-state index contributed by atoms with van der Waals surface area (Å²) in [5.74, 6) is 0. The molecule has 0 aliphatic rings. The molecular formula is C19H20N4O. The van der Waals surface area contributed by atoms with Gasteiger partial charge in [-0.15, -0.1) is 0 Å². The SMILES string of the molecule is Cc1ccc(-n2[nH]c(C)c(/C=N/Nc3ccccc3C)c2=O)cc1. The van der Waals surface area contributed by atoms with E-state index in [2.05, 4.69) is 15.6 Å². The molecule has 0 radical (unpaired) electrons.